The van der Waals surface area contributed by atoms with Crippen LogP contribution in [0.3, 0.4) is 0 Å². The van der Waals surface area contributed by atoms with Crippen molar-refractivity contribution >= 4 is 27.6 Å². The number of nitro benzene ring substituents is 1. The topological polar surface area (TPSA) is 98.9 Å². The Morgan fingerprint density at radius 2 is 2.06 bits per heavy atom. The maximum absolute atomic E-state index is 10.9. The van der Waals surface area contributed by atoms with E-state index in [0.717, 1.165) is 6.07 Å². The molecule has 8 heteroatoms. The molecule has 0 amide bonds. The molecule has 0 aliphatic rings. The highest BCUT2D eigenvalue weighted by molar-refractivity contribution is 9.10. The number of carboxylic acids is 1. The maximum atomic E-state index is 10.9. The van der Waals surface area contributed by atoms with Crippen LogP contribution in [0.1, 0.15) is 10.4 Å². The van der Waals surface area contributed by atoms with E-state index in [-0.39, 0.29) is 21.5 Å². The molecule has 1 rings (SSSR count). The van der Waals surface area contributed by atoms with Crippen molar-refractivity contribution < 1.29 is 24.3 Å². The van der Waals surface area contributed by atoms with Crippen molar-refractivity contribution in [2.45, 2.75) is 0 Å². The van der Waals surface area contributed by atoms with Gasteiger partial charge in [-0.3, -0.25) is 10.1 Å². The molecule has 0 bridgehead atoms. The number of nitrogens with zero attached hydrogens (tertiary/aromatic N) is 1. The Kier molecular flexibility index (Phi) is 3.89. The van der Waals surface area contributed by atoms with E-state index in [9.17, 15) is 14.9 Å². The average molecular weight is 306 g/mol. The number of halogens is 1. The molecule has 1 N–H and O–H groups in total. The standard InChI is InChI=1S/C9H8BrNO6/c1-16-5-3-4(9(12)13)6(10)7(11(14)15)8(5)17-2/h3H,1-2H3,(H,12,13). The fourth-order valence-corrected chi connectivity index (χ4v) is 1.88. The average Bonchev–Trinajstić information content (AvgIpc) is 2.26. The summed E-state index contributed by atoms with van der Waals surface area (Å²) in [5.41, 5.74) is -0.751. The Labute approximate surface area is 104 Å². The van der Waals surface area contributed by atoms with Crippen molar-refractivity contribution in [1.29, 1.82) is 0 Å². The van der Waals surface area contributed by atoms with Gasteiger partial charge < -0.3 is 14.6 Å². The van der Waals surface area contributed by atoms with Crippen LogP contribution in [-0.4, -0.2) is 30.2 Å². The van der Waals surface area contributed by atoms with E-state index in [1.165, 1.54) is 14.2 Å². The summed E-state index contributed by atoms with van der Waals surface area (Å²) < 4.78 is 9.55. The van der Waals surface area contributed by atoms with Gasteiger partial charge in [0.1, 0.15) is 4.47 Å². The second kappa shape index (κ2) is 5.00. The molecule has 1 aromatic rings. The van der Waals surface area contributed by atoms with Crippen LogP contribution in [0.15, 0.2) is 10.5 Å². The Balaban J connectivity index is 3.69. The summed E-state index contributed by atoms with van der Waals surface area (Å²) >= 11 is 2.88. The molecule has 0 aliphatic carbocycles. The van der Waals surface area contributed by atoms with Crippen molar-refractivity contribution in [2.24, 2.45) is 0 Å². The largest absolute Gasteiger partial charge is 0.493 e. The van der Waals surface area contributed by atoms with Gasteiger partial charge in [-0.15, -0.1) is 0 Å². The minimum Gasteiger partial charge on any atom is -0.493 e. The zero-order chi connectivity index (χ0) is 13.2. The summed E-state index contributed by atoms with van der Waals surface area (Å²) in [7, 11) is 2.50. The normalized spacial score (nSPS) is 9.82. The van der Waals surface area contributed by atoms with Gasteiger partial charge in [0, 0.05) is 6.07 Å². The zero-order valence-electron chi connectivity index (χ0n) is 8.89. The van der Waals surface area contributed by atoms with Gasteiger partial charge in [0.2, 0.25) is 5.75 Å². The molecule has 0 heterocycles. The van der Waals surface area contributed by atoms with Crippen molar-refractivity contribution in [3.8, 4) is 11.5 Å². The lowest BCUT2D eigenvalue weighted by molar-refractivity contribution is -0.386. The SMILES string of the molecule is COc1cc(C(=O)O)c(Br)c([N+](=O)[O-])c1OC. The number of nitro groups is 1. The third-order valence-corrected chi connectivity index (χ3v) is 2.80. The van der Waals surface area contributed by atoms with Gasteiger partial charge in [-0.25, -0.2) is 4.79 Å². The molecule has 0 atom stereocenters. The minimum absolute atomic E-state index is 0.0141. The molecular weight excluding hydrogens is 298 g/mol. The van der Waals surface area contributed by atoms with Gasteiger partial charge in [-0.05, 0) is 15.9 Å². The number of hydrogen-bond acceptors (Lipinski definition) is 5. The Morgan fingerprint density at radius 1 is 1.47 bits per heavy atom. The van der Waals surface area contributed by atoms with Crippen LogP contribution in [0.4, 0.5) is 5.69 Å². The highest BCUT2D eigenvalue weighted by Gasteiger charge is 2.29. The van der Waals surface area contributed by atoms with Crippen LogP contribution >= 0.6 is 15.9 Å². The van der Waals surface area contributed by atoms with Gasteiger partial charge >= 0.3 is 11.7 Å². The quantitative estimate of drug-likeness (QED) is 0.675. The third-order valence-electron chi connectivity index (χ3n) is 2.00. The van der Waals surface area contributed by atoms with E-state index in [0.29, 0.717) is 0 Å². The van der Waals surface area contributed by atoms with E-state index >= 15 is 0 Å². The number of benzene rings is 1. The highest BCUT2D eigenvalue weighted by Crippen LogP contribution is 2.44. The zero-order valence-corrected chi connectivity index (χ0v) is 10.5. The summed E-state index contributed by atoms with van der Waals surface area (Å²) in [4.78, 5) is 21.1. The van der Waals surface area contributed by atoms with Crippen molar-refractivity contribution in [2.75, 3.05) is 14.2 Å². The molecule has 0 unspecified atom stereocenters. The summed E-state index contributed by atoms with van der Waals surface area (Å²) in [6.45, 7) is 0. The van der Waals surface area contributed by atoms with Crippen LogP contribution in [-0.2, 0) is 0 Å². The predicted molar refractivity (Wildman–Crippen MR) is 60.9 cm³/mol. The highest BCUT2D eigenvalue weighted by atomic mass is 79.9. The first kappa shape index (κ1) is 13.2. The Hall–Kier alpha value is -1.83. The van der Waals surface area contributed by atoms with Gasteiger partial charge in [0.15, 0.2) is 5.75 Å². The number of carbonyl (C=O) groups is 1. The van der Waals surface area contributed by atoms with E-state index in [2.05, 4.69) is 15.9 Å². The van der Waals surface area contributed by atoms with Crippen LogP contribution in [0.5, 0.6) is 11.5 Å². The van der Waals surface area contributed by atoms with Crippen molar-refractivity contribution in [3.05, 3.63) is 26.2 Å². The summed E-state index contributed by atoms with van der Waals surface area (Å²) in [6, 6.07) is 1.15. The molecule has 1 aromatic carbocycles. The molecule has 92 valence electrons. The van der Waals surface area contributed by atoms with Crippen LogP contribution in [0.25, 0.3) is 0 Å². The summed E-state index contributed by atoms with van der Waals surface area (Å²) in [5.74, 6) is -1.45. The molecule has 0 aliphatic heterocycles. The van der Waals surface area contributed by atoms with E-state index in [1.807, 2.05) is 0 Å². The molecule has 0 saturated carbocycles. The second-order valence-electron chi connectivity index (χ2n) is 2.88. The number of aromatic carboxylic acids is 1. The predicted octanol–water partition coefficient (Wildman–Crippen LogP) is 2.07. The maximum Gasteiger partial charge on any atom is 0.337 e. The van der Waals surface area contributed by atoms with Gasteiger partial charge in [-0.2, -0.15) is 0 Å². The lowest BCUT2D eigenvalue weighted by Crippen LogP contribution is -2.04. The Bertz CT molecular complexity index is 487. The fourth-order valence-electron chi connectivity index (χ4n) is 1.27. The molecule has 0 fully saturated rings. The molecule has 0 spiro atoms. The van der Waals surface area contributed by atoms with Crippen molar-refractivity contribution in [3.63, 3.8) is 0 Å². The molecular formula is C9H8BrNO6. The minimum atomic E-state index is -1.30. The number of methoxy groups -OCH3 is 2. The van der Waals surface area contributed by atoms with Crippen molar-refractivity contribution in [1.82, 2.24) is 0 Å². The van der Waals surface area contributed by atoms with Gasteiger partial charge in [0.05, 0.1) is 24.7 Å². The number of hydrogen-bond donors (Lipinski definition) is 1. The number of carboxylic acid groups (broad SMARTS) is 1. The Morgan fingerprint density at radius 3 is 2.41 bits per heavy atom. The number of ether oxygens (including phenoxy) is 2. The molecule has 7 nitrogen and oxygen atoms in total. The van der Waals surface area contributed by atoms with Gasteiger partial charge in [0.25, 0.3) is 0 Å². The fraction of sp³-hybridized carbons (Fsp3) is 0.222. The van der Waals surface area contributed by atoms with Gasteiger partial charge in [-0.1, -0.05) is 0 Å². The molecule has 0 aromatic heterocycles. The smallest absolute Gasteiger partial charge is 0.337 e. The first-order valence-electron chi connectivity index (χ1n) is 4.26. The van der Waals surface area contributed by atoms with Crippen LogP contribution in [0.2, 0.25) is 0 Å². The van der Waals surface area contributed by atoms with E-state index < -0.39 is 16.6 Å². The first-order valence-corrected chi connectivity index (χ1v) is 5.05. The third kappa shape index (κ3) is 2.31. The number of rotatable bonds is 4. The first-order chi connectivity index (χ1) is 7.93. The second-order valence-corrected chi connectivity index (χ2v) is 3.68. The molecule has 0 radical (unpaired) electrons. The molecule has 0 saturated heterocycles. The lowest BCUT2D eigenvalue weighted by Gasteiger charge is -2.10. The van der Waals surface area contributed by atoms with E-state index in [4.69, 9.17) is 14.6 Å². The lowest BCUT2D eigenvalue weighted by atomic mass is 10.1. The van der Waals surface area contributed by atoms with E-state index in [1.54, 1.807) is 0 Å². The van der Waals surface area contributed by atoms with Crippen LogP contribution < -0.4 is 9.47 Å². The summed E-state index contributed by atoms with van der Waals surface area (Å²) in [5, 5.41) is 19.8. The summed E-state index contributed by atoms with van der Waals surface area (Å²) in [6.07, 6.45) is 0. The van der Waals surface area contributed by atoms with Crippen LogP contribution in [0, 0.1) is 10.1 Å². The molecule has 17 heavy (non-hydrogen) atoms. The monoisotopic (exact) mass is 305 g/mol.